The zero-order valence-electron chi connectivity index (χ0n) is 19.3. The number of β-amino-alcohol motifs (C(OH)–C–C–N with tert-alkyl or cyclic N) is 1. The van der Waals surface area contributed by atoms with Crippen LogP contribution in [0.15, 0.2) is 48.5 Å². The predicted octanol–water partition coefficient (Wildman–Crippen LogP) is 3.40. The Hall–Kier alpha value is -2.83. The van der Waals surface area contributed by atoms with Gasteiger partial charge >= 0.3 is 12.4 Å². The van der Waals surface area contributed by atoms with Crippen LogP contribution in [-0.2, 0) is 23.7 Å². The Labute approximate surface area is 204 Å². The summed E-state index contributed by atoms with van der Waals surface area (Å²) in [5.74, 6) is -0.0116. The third-order valence-electron chi connectivity index (χ3n) is 5.70. The Morgan fingerprint density at radius 2 is 1.36 bits per heavy atom. The number of aliphatic hydroxyl groups excluding tert-OH is 1. The largest absolute Gasteiger partial charge is 0.491 e. The zero-order chi connectivity index (χ0) is 26.3. The third-order valence-corrected chi connectivity index (χ3v) is 5.70. The van der Waals surface area contributed by atoms with Crippen LogP contribution in [0.3, 0.4) is 0 Å². The summed E-state index contributed by atoms with van der Waals surface area (Å²) in [5.41, 5.74) is -0.957. The van der Waals surface area contributed by atoms with Crippen molar-refractivity contribution in [2.45, 2.75) is 25.0 Å². The summed E-state index contributed by atoms with van der Waals surface area (Å²) in [6, 6.07) is 8.85. The molecule has 198 valence electrons. The molecule has 1 aliphatic heterocycles. The van der Waals surface area contributed by atoms with Crippen LogP contribution < -0.4 is 10.1 Å². The molecule has 1 heterocycles. The molecule has 3 rings (SSSR count). The van der Waals surface area contributed by atoms with Gasteiger partial charge in [-0.1, -0.05) is 12.1 Å². The number of hydrogen-bond donors (Lipinski definition) is 2. The first-order valence-electron chi connectivity index (χ1n) is 11.3. The van der Waals surface area contributed by atoms with Gasteiger partial charge in [0.1, 0.15) is 18.5 Å². The molecule has 0 aliphatic carbocycles. The number of carbonyl (C=O) groups excluding carboxylic acids is 1. The van der Waals surface area contributed by atoms with E-state index in [1.165, 1.54) is 24.3 Å². The molecule has 6 nitrogen and oxygen atoms in total. The summed E-state index contributed by atoms with van der Waals surface area (Å²) in [5, 5.41) is 12.9. The van der Waals surface area contributed by atoms with Crippen molar-refractivity contribution >= 4 is 5.91 Å². The standard InChI is InChI=1S/C24H27F6N3O3/c25-23(26,27)18-3-1-17(2-4-18)13-31-22(35)15-33-11-9-32(10-12-33)14-20(34)16-36-21-7-5-19(6-8-21)24(28,29)30/h1-8,20,34H,9-16H2,(H,31,35). The minimum absolute atomic E-state index is 0.0715. The van der Waals surface area contributed by atoms with Gasteiger partial charge in [-0.25, -0.2) is 0 Å². The Morgan fingerprint density at radius 3 is 1.89 bits per heavy atom. The first-order chi connectivity index (χ1) is 16.9. The number of nitrogens with one attached hydrogen (secondary N) is 1. The fraction of sp³-hybridized carbons (Fsp3) is 0.458. The maximum atomic E-state index is 12.6. The van der Waals surface area contributed by atoms with E-state index in [9.17, 15) is 36.2 Å². The van der Waals surface area contributed by atoms with E-state index in [1.54, 1.807) is 0 Å². The summed E-state index contributed by atoms with van der Waals surface area (Å²) >= 11 is 0. The number of hydrogen-bond acceptors (Lipinski definition) is 5. The molecule has 1 amide bonds. The average Bonchev–Trinajstić information content (AvgIpc) is 2.82. The van der Waals surface area contributed by atoms with Gasteiger partial charge in [0.25, 0.3) is 0 Å². The Bertz CT molecular complexity index is 973. The first-order valence-corrected chi connectivity index (χ1v) is 11.3. The van der Waals surface area contributed by atoms with Crippen LogP contribution in [0.1, 0.15) is 16.7 Å². The first kappa shape index (κ1) is 27.8. The van der Waals surface area contributed by atoms with Crippen LogP contribution in [0.2, 0.25) is 0 Å². The minimum atomic E-state index is -4.42. The molecule has 1 atom stereocenters. The predicted molar refractivity (Wildman–Crippen MR) is 119 cm³/mol. The highest BCUT2D eigenvalue weighted by molar-refractivity contribution is 5.78. The molecule has 0 radical (unpaired) electrons. The number of carbonyl (C=O) groups is 1. The van der Waals surface area contributed by atoms with Crippen LogP contribution in [0, 0.1) is 0 Å². The van der Waals surface area contributed by atoms with Crippen molar-refractivity contribution in [2.75, 3.05) is 45.9 Å². The molecule has 0 spiro atoms. The van der Waals surface area contributed by atoms with E-state index >= 15 is 0 Å². The number of alkyl halides is 6. The molecule has 0 bridgehead atoms. The molecule has 0 saturated carbocycles. The van der Waals surface area contributed by atoms with Crippen LogP contribution in [-0.4, -0.2) is 72.8 Å². The van der Waals surface area contributed by atoms with Crippen LogP contribution >= 0.6 is 0 Å². The SMILES string of the molecule is O=C(CN1CCN(CC(O)COc2ccc(C(F)(F)F)cc2)CC1)NCc1ccc(C(F)(F)F)cc1. The van der Waals surface area contributed by atoms with E-state index in [1.807, 2.05) is 9.80 Å². The van der Waals surface area contributed by atoms with Gasteiger partial charge in [0.15, 0.2) is 0 Å². The monoisotopic (exact) mass is 519 g/mol. The fourth-order valence-electron chi connectivity index (χ4n) is 3.68. The highest BCUT2D eigenvalue weighted by atomic mass is 19.4. The van der Waals surface area contributed by atoms with Crippen LogP contribution in [0.4, 0.5) is 26.3 Å². The van der Waals surface area contributed by atoms with Crippen molar-refractivity contribution in [3.63, 3.8) is 0 Å². The maximum Gasteiger partial charge on any atom is 0.416 e. The second kappa shape index (κ2) is 11.9. The van der Waals surface area contributed by atoms with E-state index < -0.39 is 29.6 Å². The molecule has 2 aromatic rings. The molecule has 1 unspecified atom stereocenters. The van der Waals surface area contributed by atoms with E-state index in [0.717, 1.165) is 24.3 Å². The molecule has 1 fully saturated rings. The molecule has 12 heteroatoms. The Balaban J connectivity index is 1.32. The number of benzene rings is 2. The Morgan fingerprint density at radius 1 is 0.861 bits per heavy atom. The molecular formula is C24H27F6N3O3. The van der Waals surface area contributed by atoms with Gasteiger partial charge in [0.2, 0.25) is 5.91 Å². The van der Waals surface area contributed by atoms with Gasteiger partial charge in [-0.15, -0.1) is 0 Å². The smallest absolute Gasteiger partial charge is 0.416 e. The molecule has 36 heavy (non-hydrogen) atoms. The minimum Gasteiger partial charge on any atom is -0.491 e. The molecule has 0 aromatic heterocycles. The molecule has 1 saturated heterocycles. The summed E-state index contributed by atoms with van der Waals surface area (Å²) in [6.45, 7) is 2.88. The van der Waals surface area contributed by atoms with Gasteiger partial charge in [-0.2, -0.15) is 26.3 Å². The molecule has 1 aliphatic rings. The van der Waals surface area contributed by atoms with Crippen LogP contribution in [0.25, 0.3) is 0 Å². The number of nitrogens with zero attached hydrogens (tertiary/aromatic N) is 2. The zero-order valence-corrected chi connectivity index (χ0v) is 19.3. The van der Waals surface area contributed by atoms with E-state index in [2.05, 4.69) is 5.32 Å². The van der Waals surface area contributed by atoms with Crippen molar-refractivity contribution in [3.8, 4) is 5.75 Å². The molecule has 2 aromatic carbocycles. The van der Waals surface area contributed by atoms with Gasteiger partial charge < -0.3 is 15.2 Å². The second-order valence-corrected chi connectivity index (χ2v) is 8.54. The summed E-state index contributed by atoms with van der Waals surface area (Å²) < 4.78 is 81.0. The number of rotatable bonds is 9. The van der Waals surface area contributed by atoms with Crippen molar-refractivity contribution in [1.82, 2.24) is 15.1 Å². The lowest BCUT2D eigenvalue weighted by Gasteiger charge is -2.35. The highest BCUT2D eigenvalue weighted by Crippen LogP contribution is 2.30. The normalized spacial score (nSPS) is 16.5. The third kappa shape index (κ3) is 8.68. The van der Waals surface area contributed by atoms with Gasteiger partial charge in [0.05, 0.1) is 17.7 Å². The Kier molecular flexibility index (Phi) is 9.20. The summed E-state index contributed by atoms with van der Waals surface area (Å²) in [6.07, 6.45) is -9.67. The number of aliphatic hydroxyl groups is 1. The number of ether oxygens (including phenoxy) is 1. The molecule has 2 N–H and O–H groups in total. The maximum absolute atomic E-state index is 12.6. The van der Waals surface area contributed by atoms with Gasteiger partial charge in [0, 0.05) is 39.3 Å². The summed E-state index contributed by atoms with van der Waals surface area (Å²) in [4.78, 5) is 16.1. The quantitative estimate of drug-likeness (QED) is 0.498. The number of amides is 1. The van der Waals surface area contributed by atoms with Crippen molar-refractivity contribution in [1.29, 1.82) is 0 Å². The lowest BCUT2D eigenvalue weighted by atomic mass is 10.1. The van der Waals surface area contributed by atoms with Crippen molar-refractivity contribution < 1.29 is 41.0 Å². The second-order valence-electron chi connectivity index (χ2n) is 8.54. The van der Waals surface area contributed by atoms with Crippen molar-refractivity contribution in [3.05, 3.63) is 65.2 Å². The van der Waals surface area contributed by atoms with Crippen molar-refractivity contribution in [2.24, 2.45) is 0 Å². The van der Waals surface area contributed by atoms with E-state index in [4.69, 9.17) is 4.74 Å². The van der Waals surface area contributed by atoms with E-state index in [0.29, 0.717) is 38.3 Å². The lowest BCUT2D eigenvalue weighted by Crippen LogP contribution is -2.51. The van der Waals surface area contributed by atoms with E-state index in [-0.39, 0.29) is 31.4 Å². The van der Waals surface area contributed by atoms with Crippen LogP contribution in [0.5, 0.6) is 5.75 Å². The number of piperazine rings is 1. The fourth-order valence-corrected chi connectivity index (χ4v) is 3.68. The number of halogens is 6. The molecular weight excluding hydrogens is 492 g/mol. The lowest BCUT2D eigenvalue weighted by molar-refractivity contribution is -0.138. The highest BCUT2D eigenvalue weighted by Gasteiger charge is 2.31. The topological polar surface area (TPSA) is 65.0 Å². The summed E-state index contributed by atoms with van der Waals surface area (Å²) in [7, 11) is 0. The van der Waals surface area contributed by atoms with Gasteiger partial charge in [-0.05, 0) is 42.0 Å². The van der Waals surface area contributed by atoms with Gasteiger partial charge in [-0.3, -0.25) is 14.6 Å². The average molecular weight is 519 g/mol.